The highest BCUT2D eigenvalue weighted by Crippen LogP contribution is 2.18. The Hall–Kier alpha value is -1.10. The van der Waals surface area contributed by atoms with Crippen LogP contribution in [0.25, 0.3) is 0 Å². The maximum atomic E-state index is 11.6. The summed E-state index contributed by atoms with van der Waals surface area (Å²) in [6, 6.07) is 0.142. The van der Waals surface area contributed by atoms with E-state index in [0.29, 0.717) is 0 Å². The van der Waals surface area contributed by atoms with Gasteiger partial charge in [0.05, 0.1) is 6.10 Å². The van der Waals surface area contributed by atoms with Crippen LogP contribution in [-0.2, 0) is 9.59 Å². The first-order valence-corrected chi connectivity index (χ1v) is 6.16. The monoisotopic (exact) mass is 243 g/mol. The van der Waals surface area contributed by atoms with Gasteiger partial charge in [-0.2, -0.15) is 0 Å². The van der Waals surface area contributed by atoms with E-state index in [9.17, 15) is 14.7 Å². The molecule has 0 bridgehead atoms. The number of carboxylic acid groups (broad SMARTS) is 1. The molecule has 17 heavy (non-hydrogen) atoms. The zero-order valence-corrected chi connectivity index (χ0v) is 10.2. The predicted molar refractivity (Wildman–Crippen MR) is 62.4 cm³/mol. The van der Waals surface area contributed by atoms with Crippen molar-refractivity contribution < 1.29 is 19.8 Å². The van der Waals surface area contributed by atoms with Gasteiger partial charge in [-0.15, -0.1) is 0 Å². The molecule has 1 amide bonds. The first-order chi connectivity index (χ1) is 7.97. The molecule has 0 radical (unpaired) electrons. The van der Waals surface area contributed by atoms with Crippen molar-refractivity contribution in [3.05, 3.63) is 0 Å². The lowest BCUT2D eigenvalue weighted by Crippen LogP contribution is -2.39. The molecule has 0 spiro atoms. The van der Waals surface area contributed by atoms with Crippen molar-refractivity contribution in [2.75, 3.05) is 0 Å². The van der Waals surface area contributed by atoms with E-state index >= 15 is 0 Å². The van der Waals surface area contributed by atoms with E-state index in [2.05, 4.69) is 5.32 Å². The molecule has 98 valence electrons. The Morgan fingerprint density at radius 1 is 1.24 bits per heavy atom. The Labute approximate surface area is 101 Å². The summed E-state index contributed by atoms with van der Waals surface area (Å²) in [7, 11) is 0. The van der Waals surface area contributed by atoms with Crippen LogP contribution >= 0.6 is 0 Å². The molecule has 5 nitrogen and oxygen atoms in total. The molecule has 1 atom stereocenters. The van der Waals surface area contributed by atoms with Gasteiger partial charge in [-0.25, -0.2) is 0 Å². The van der Waals surface area contributed by atoms with Gasteiger partial charge in [-0.05, 0) is 31.6 Å². The van der Waals surface area contributed by atoms with Crippen LogP contribution in [0.15, 0.2) is 0 Å². The third-order valence-corrected chi connectivity index (χ3v) is 3.12. The van der Waals surface area contributed by atoms with E-state index in [4.69, 9.17) is 5.11 Å². The van der Waals surface area contributed by atoms with Crippen molar-refractivity contribution in [2.45, 2.75) is 57.6 Å². The highest BCUT2D eigenvalue weighted by molar-refractivity contribution is 5.77. The van der Waals surface area contributed by atoms with Crippen molar-refractivity contribution in [2.24, 2.45) is 5.92 Å². The van der Waals surface area contributed by atoms with Gasteiger partial charge in [0.1, 0.15) is 0 Å². The molecule has 0 aromatic carbocycles. The second kappa shape index (κ2) is 6.59. The smallest absolute Gasteiger partial charge is 0.303 e. The Bertz CT molecular complexity index is 272. The number of aliphatic hydroxyl groups is 1. The fraction of sp³-hybridized carbons (Fsp3) is 0.833. The van der Waals surface area contributed by atoms with Crippen LogP contribution in [0.2, 0.25) is 0 Å². The number of carboxylic acids is 1. The quantitative estimate of drug-likeness (QED) is 0.669. The molecule has 1 saturated carbocycles. The van der Waals surface area contributed by atoms with Crippen molar-refractivity contribution in [1.82, 2.24) is 5.32 Å². The van der Waals surface area contributed by atoms with Crippen LogP contribution in [0.5, 0.6) is 0 Å². The summed E-state index contributed by atoms with van der Waals surface area (Å²) in [5.74, 6) is -1.09. The lowest BCUT2D eigenvalue weighted by atomic mass is 9.93. The van der Waals surface area contributed by atoms with Crippen LogP contribution in [0.4, 0.5) is 0 Å². The van der Waals surface area contributed by atoms with E-state index in [-0.39, 0.29) is 36.8 Å². The first-order valence-electron chi connectivity index (χ1n) is 6.16. The molecular weight excluding hydrogens is 222 g/mol. The molecule has 1 unspecified atom stereocenters. The summed E-state index contributed by atoms with van der Waals surface area (Å²) < 4.78 is 0. The van der Waals surface area contributed by atoms with Crippen LogP contribution in [0, 0.1) is 5.92 Å². The van der Waals surface area contributed by atoms with E-state index in [1.165, 1.54) is 0 Å². The number of carbonyl (C=O) groups is 2. The topological polar surface area (TPSA) is 86.6 Å². The maximum absolute atomic E-state index is 11.6. The molecule has 1 aliphatic carbocycles. The minimum Gasteiger partial charge on any atom is -0.481 e. The average molecular weight is 243 g/mol. The van der Waals surface area contributed by atoms with E-state index in [0.717, 1.165) is 25.7 Å². The summed E-state index contributed by atoms with van der Waals surface area (Å²) in [5.41, 5.74) is 0. The van der Waals surface area contributed by atoms with Gasteiger partial charge in [0, 0.05) is 18.9 Å². The van der Waals surface area contributed by atoms with Gasteiger partial charge in [-0.1, -0.05) is 6.92 Å². The standard InChI is InChI=1S/C12H21NO4/c1-8(7-12(16)17)6-11(15)13-9-2-4-10(14)5-3-9/h8-10,14H,2-7H2,1H3,(H,13,15)(H,16,17). The van der Waals surface area contributed by atoms with Gasteiger partial charge in [0.15, 0.2) is 0 Å². The Balaban J connectivity index is 2.22. The number of aliphatic hydroxyl groups excluding tert-OH is 1. The number of nitrogens with one attached hydrogen (secondary N) is 1. The van der Waals surface area contributed by atoms with E-state index in [1.807, 2.05) is 0 Å². The van der Waals surface area contributed by atoms with Crippen LogP contribution in [0.3, 0.4) is 0 Å². The van der Waals surface area contributed by atoms with Gasteiger partial charge in [0.2, 0.25) is 5.91 Å². The van der Waals surface area contributed by atoms with Crippen molar-refractivity contribution in [3.8, 4) is 0 Å². The molecule has 0 aromatic heterocycles. The van der Waals surface area contributed by atoms with Gasteiger partial charge in [0.25, 0.3) is 0 Å². The number of rotatable bonds is 5. The summed E-state index contributed by atoms with van der Waals surface area (Å²) in [5, 5.41) is 20.8. The Kier molecular flexibility index (Phi) is 5.41. The van der Waals surface area contributed by atoms with Crippen molar-refractivity contribution in [3.63, 3.8) is 0 Å². The molecule has 1 fully saturated rings. The average Bonchev–Trinajstić information content (AvgIpc) is 2.19. The molecule has 1 aliphatic rings. The molecule has 0 aromatic rings. The van der Waals surface area contributed by atoms with E-state index in [1.54, 1.807) is 6.92 Å². The predicted octanol–water partition coefficient (Wildman–Crippen LogP) is 0.907. The van der Waals surface area contributed by atoms with Crippen molar-refractivity contribution in [1.29, 1.82) is 0 Å². The van der Waals surface area contributed by atoms with Crippen molar-refractivity contribution >= 4 is 11.9 Å². The summed E-state index contributed by atoms with van der Waals surface area (Å²) in [6.45, 7) is 1.76. The summed E-state index contributed by atoms with van der Waals surface area (Å²) >= 11 is 0. The Morgan fingerprint density at radius 2 is 1.82 bits per heavy atom. The van der Waals surface area contributed by atoms with Gasteiger partial charge >= 0.3 is 5.97 Å². The summed E-state index contributed by atoms with van der Waals surface area (Å²) in [6.07, 6.45) is 3.13. The third-order valence-electron chi connectivity index (χ3n) is 3.12. The van der Waals surface area contributed by atoms with Gasteiger partial charge < -0.3 is 15.5 Å². The highest BCUT2D eigenvalue weighted by atomic mass is 16.4. The minimum absolute atomic E-state index is 0.0246. The third kappa shape index (κ3) is 5.68. The first kappa shape index (κ1) is 14.0. The number of hydrogen-bond donors (Lipinski definition) is 3. The van der Waals surface area contributed by atoms with Crippen LogP contribution in [0.1, 0.15) is 45.4 Å². The zero-order valence-electron chi connectivity index (χ0n) is 10.2. The fourth-order valence-corrected chi connectivity index (χ4v) is 2.19. The van der Waals surface area contributed by atoms with E-state index < -0.39 is 5.97 Å². The number of aliphatic carboxylic acids is 1. The molecule has 1 rings (SSSR count). The lowest BCUT2D eigenvalue weighted by molar-refractivity contribution is -0.138. The lowest BCUT2D eigenvalue weighted by Gasteiger charge is -2.26. The number of amides is 1. The summed E-state index contributed by atoms with van der Waals surface area (Å²) in [4.78, 5) is 22.1. The van der Waals surface area contributed by atoms with Crippen LogP contribution in [-0.4, -0.2) is 34.2 Å². The Morgan fingerprint density at radius 3 is 2.35 bits per heavy atom. The second-order valence-corrected chi connectivity index (χ2v) is 4.98. The fourth-order valence-electron chi connectivity index (χ4n) is 2.19. The number of hydrogen-bond acceptors (Lipinski definition) is 3. The largest absolute Gasteiger partial charge is 0.481 e. The SMILES string of the molecule is CC(CC(=O)O)CC(=O)NC1CCC(O)CC1. The van der Waals surface area contributed by atoms with Gasteiger partial charge in [-0.3, -0.25) is 9.59 Å². The maximum Gasteiger partial charge on any atom is 0.303 e. The molecule has 5 heteroatoms. The zero-order chi connectivity index (χ0) is 12.8. The molecule has 0 saturated heterocycles. The normalized spacial score (nSPS) is 26.2. The molecule has 3 N–H and O–H groups in total. The minimum atomic E-state index is -0.869. The second-order valence-electron chi connectivity index (χ2n) is 4.98. The van der Waals surface area contributed by atoms with Crippen LogP contribution < -0.4 is 5.32 Å². The molecule has 0 aliphatic heterocycles. The molecular formula is C12H21NO4. The highest BCUT2D eigenvalue weighted by Gasteiger charge is 2.21. The number of carbonyl (C=O) groups excluding carboxylic acids is 1. The molecule has 0 heterocycles.